The lowest BCUT2D eigenvalue weighted by molar-refractivity contribution is -0.138. The fraction of sp³-hybridized carbons (Fsp3) is 0.357. The van der Waals surface area contributed by atoms with Crippen LogP contribution in [0.4, 0.5) is 13.2 Å². The number of H-pyrrole nitrogens is 1. The number of nitrogens with zero attached hydrogens (tertiary/aromatic N) is 1. The van der Waals surface area contributed by atoms with E-state index >= 15 is 0 Å². The van der Waals surface area contributed by atoms with Crippen molar-refractivity contribution < 1.29 is 13.2 Å². The van der Waals surface area contributed by atoms with E-state index in [0.29, 0.717) is 13.0 Å². The molecule has 3 nitrogen and oxygen atoms in total. The van der Waals surface area contributed by atoms with E-state index in [0.717, 1.165) is 11.8 Å². The highest BCUT2D eigenvalue weighted by Gasteiger charge is 2.33. The number of imidazole rings is 1. The molecule has 1 aromatic carbocycles. The molecular weight excluding hydrogens is 267 g/mol. The molecular formula is C14H16F3N3. The van der Waals surface area contributed by atoms with E-state index < -0.39 is 11.7 Å². The molecule has 1 unspecified atom stereocenters. The molecule has 0 aliphatic rings. The van der Waals surface area contributed by atoms with Crippen molar-refractivity contribution in [3.63, 3.8) is 0 Å². The summed E-state index contributed by atoms with van der Waals surface area (Å²) in [6.07, 6.45) is -0.345. The van der Waals surface area contributed by atoms with Gasteiger partial charge in [-0.3, -0.25) is 0 Å². The summed E-state index contributed by atoms with van der Waals surface area (Å²) >= 11 is 0. The van der Waals surface area contributed by atoms with Crippen LogP contribution in [-0.4, -0.2) is 16.5 Å². The molecule has 2 aromatic rings. The zero-order chi connectivity index (χ0) is 14.6. The lowest BCUT2D eigenvalue weighted by Crippen LogP contribution is -2.24. The Morgan fingerprint density at radius 1 is 1.30 bits per heavy atom. The van der Waals surface area contributed by atoms with Crippen LogP contribution >= 0.6 is 0 Å². The van der Waals surface area contributed by atoms with Crippen molar-refractivity contribution in [3.05, 3.63) is 53.6 Å². The maximum absolute atomic E-state index is 12.9. The average Bonchev–Trinajstić information content (AvgIpc) is 2.91. The van der Waals surface area contributed by atoms with Gasteiger partial charge in [0.2, 0.25) is 0 Å². The van der Waals surface area contributed by atoms with E-state index in [4.69, 9.17) is 0 Å². The fourth-order valence-electron chi connectivity index (χ4n) is 2.09. The van der Waals surface area contributed by atoms with Crippen LogP contribution in [0.2, 0.25) is 0 Å². The van der Waals surface area contributed by atoms with Gasteiger partial charge in [-0.15, -0.1) is 0 Å². The third-order valence-electron chi connectivity index (χ3n) is 3.13. The van der Waals surface area contributed by atoms with Crippen LogP contribution in [0.25, 0.3) is 0 Å². The third-order valence-corrected chi connectivity index (χ3v) is 3.13. The topological polar surface area (TPSA) is 40.7 Å². The predicted molar refractivity (Wildman–Crippen MR) is 70.2 cm³/mol. The summed E-state index contributed by atoms with van der Waals surface area (Å²) in [7, 11) is 0. The Morgan fingerprint density at radius 3 is 2.70 bits per heavy atom. The maximum atomic E-state index is 12.9. The van der Waals surface area contributed by atoms with E-state index in [1.807, 2.05) is 0 Å². The van der Waals surface area contributed by atoms with Gasteiger partial charge in [-0.25, -0.2) is 4.98 Å². The van der Waals surface area contributed by atoms with Gasteiger partial charge in [0.1, 0.15) is 0 Å². The number of halogens is 3. The molecule has 0 spiro atoms. The maximum Gasteiger partial charge on any atom is 0.416 e. The van der Waals surface area contributed by atoms with Crippen LogP contribution in [-0.2, 0) is 12.6 Å². The zero-order valence-electron chi connectivity index (χ0n) is 11.0. The number of benzene rings is 1. The first kappa shape index (κ1) is 14.6. The Labute approximate surface area is 115 Å². The van der Waals surface area contributed by atoms with Crippen LogP contribution in [0, 0.1) is 0 Å². The number of aromatic amines is 1. The van der Waals surface area contributed by atoms with Gasteiger partial charge in [0.05, 0.1) is 11.9 Å². The molecule has 1 heterocycles. The number of hydrogen-bond acceptors (Lipinski definition) is 2. The van der Waals surface area contributed by atoms with Crippen LogP contribution in [0.1, 0.15) is 29.8 Å². The number of hydrogen-bond donors (Lipinski definition) is 2. The highest BCUT2D eigenvalue weighted by Crippen LogP contribution is 2.34. The SMILES string of the molecule is CC(NCCc1cnc[nH]1)c1ccccc1C(F)(F)F. The van der Waals surface area contributed by atoms with E-state index in [2.05, 4.69) is 15.3 Å². The van der Waals surface area contributed by atoms with Gasteiger partial charge in [-0.2, -0.15) is 13.2 Å². The molecule has 0 amide bonds. The Kier molecular flexibility index (Phi) is 4.44. The Morgan fingerprint density at radius 2 is 2.05 bits per heavy atom. The first-order valence-electron chi connectivity index (χ1n) is 6.35. The molecule has 0 aliphatic carbocycles. The summed E-state index contributed by atoms with van der Waals surface area (Å²) in [6, 6.07) is 5.29. The van der Waals surface area contributed by atoms with Crippen LogP contribution in [0.15, 0.2) is 36.8 Å². The molecule has 0 saturated carbocycles. The molecule has 0 radical (unpaired) electrons. The van der Waals surface area contributed by atoms with Crippen molar-refractivity contribution in [2.75, 3.05) is 6.54 Å². The van der Waals surface area contributed by atoms with Crippen molar-refractivity contribution in [1.82, 2.24) is 15.3 Å². The largest absolute Gasteiger partial charge is 0.416 e. The summed E-state index contributed by atoms with van der Waals surface area (Å²) in [5.41, 5.74) is 0.639. The minimum Gasteiger partial charge on any atom is -0.348 e. The number of rotatable bonds is 5. The van der Waals surface area contributed by atoms with Crippen LogP contribution in [0.3, 0.4) is 0 Å². The molecule has 0 fully saturated rings. The number of nitrogens with one attached hydrogen (secondary N) is 2. The molecule has 2 rings (SSSR count). The quantitative estimate of drug-likeness (QED) is 0.883. The molecule has 2 N–H and O–H groups in total. The normalized spacial score (nSPS) is 13.4. The summed E-state index contributed by atoms with van der Waals surface area (Å²) in [6.45, 7) is 2.31. The second-order valence-corrected chi connectivity index (χ2v) is 4.59. The monoisotopic (exact) mass is 283 g/mol. The second-order valence-electron chi connectivity index (χ2n) is 4.59. The van der Waals surface area contributed by atoms with Crippen LogP contribution < -0.4 is 5.32 Å². The van der Waals surface area contributed by atoms with Gasteiger partial charge < -0.3 is 10.3 Å². The van der Waals surface area contributed by atoms with E-state index in [9.17, 15) is 13.2 Å². The van der Waals surface area contributed by atoms with E-state index in [1.54, 1.807) is 25.5 Å². The van der Waals surface area contributed by atoms with Crippen molar-refractivity contribution in [3.8, 4) is 0 Å². The minimum absolute atomic E-state index is 0.268. The molecule has 20 heavy (non-hydrogen) atoms. The van der Waals surface area contributed by atoms with Gasteiger partial charge in [-0.1, -0.05) is 18.2 Å². The summed E-state index contributed by atoms with van der Waals surface area (Å²) in [5, 5.41) is 3.10. The van der Waals surface area contributed by atoms with Gasteiger partial charge in [0.25, 0.3) is 0 Å². The first-order chi connectivity index (χ1) is 9.48. The highest BCUT2D eigenvalue weighted by atomic mass is 19.4. The summed E-state index contributed by atoms with van der Waals surface area (Å²) in [4.78, 5) is 6.85. The van der Waals surface area contributed by atoms with Gasteiger partial charge in [0.15, 0.2) is 0 Å². The summed E-state index contributed by atoms with van der Waals surface area (Å²) < 4.78 is 38.7. The standard InChI is InChI=1S/C14H16F3N3/c1-10(19-7-6-11-8-18-9-20-11)12-4-2-3-5-13(12)14(15,16)17/h2-5,8-10,19H,6-7H2,1H3,(H,18,20). The number of aromatic nitrogens is 2. The molecule has 108 valence electrons. The van der Waals surface area contributed by atoms with E-state index in [1.165, 1.54) is 12.1 Å². The van der Waals surface area contributed by atoms with Gasteiger partial charge in [-0.05, 0) is 18.6 Å². The fourth-order valence-corrected chi connectivity index (χ4v) is 2.09. The van der Waals surface area contributed by atoms with Crippen LogP contribution in [0.5, 0.6) is 0 Å². The molecule has 1 aromatic heterocycles. The first-order valence-corrected chi connectivity index (χ1v) is 6.35. The predicted octanol–water partition coefficient (Wildman–Crippen LogP) is 3.32. The Balaban J connectivity index is 2.00. The van der Waals surface area contributed by atoms with Crippen molar-refractivity contribution in [1.29, 1.82) is 0 Å². The molecule has 0 aliphatic heterocycles. The second kappa shape index (κ2) is 6.09. The minimum atomic E-state index is -4.32. The van der Waals surface area contributed by atoms with Crippen molar-refractivity contribution in [2.45, 2.75) is 25.6 Å². The smallest absolute Gasteiger partial charge is 0.348 e. The molecule has 0 saturated heterocycles. The third kappa shape index (κ3) is 3.60. The lowest BCUT2D eigenvalue weighted by Gasteiger charge is -2.19. The van der Waals surface area contributed by atoms with Gasteiger partial charge >= 0.3 is 6.18 Å². The Bertz CT molecular complexity index is 535. The summed E-state index contributed by atoms with van der Waals surface area (Å²) in [5.74, 6) is 0. The highest BCUT2D eigenvalue weighted by molar-refractivity contribution is 5.32. The lowest BCUT2D eigenvalue weighted by atomic mass is 10.0. The van der Waals surface area contributed by atoms with Crippen molar-refractivity contribution in [2.24, 2.45) is 0 Å². The number of alkyl halides is 3. The Hall–Kier alpha value is -1.82. The molecule has 0 bridgehead atoms. The molecule has 1 atom stereocenters. The van der Waals surface area contributed by atoms with E-state index in [-0.39, 0.29) is 11.6 Å². The molecule has 6 heteroatoms. The van der Waals surface area contributed by atoms with Crippen molar-refractivity contribution >= 4 is 0 Å². The zero-order valence-corrected chi connectivity index (χ0v) is 11.0. The van der Waals surface area contributed by atoms with Gasteiger partial charge in [0, 0.05) is 30.9 Å². The average molecular weight is 283 g/mol.